The molecule has 0 aromatic heterocycles. The molecule has 0 spiro atoms. The summed E-state index contributed by atoms with van der Waals surface area (Å²) in [7, 11) is 1.33. The van der Waals surface area contributed by atoms with Gasteiger partial charge < -0.3 is 9.64 Å². The van der Waals surface area contributed by atoms with Crippen molar-refractivity contribution in [2.24, 2.45) is 0 Å². The van der Waals surface area contributed by atoms with Crippen LogP contribution in [0.2, 0.25) is 0 Å². The second-order valence-electron chi connectivity index (χ2n) is 2.99. The molecule has 1 saturated heterocycles. The van der Waals surface area contributed by atoms with Gasteiger partial charge >= 0.3 is 5.97 Å². The summed E-state index contributed by atoms with van der Waals surface area (Å²) in [6, 6.07) is 0.177. The summed E-state index contributed by atoms with van der Waals surface area (Å²) in [4.78, 5) is 23.6. The third-order valence-corrected chi connectivity index (χ3v) is 2.16. The normalized spacial score (nSPS) is 23.0. The second-order valence-corrected chi connectivity index (χ2v) is 2.99. The highest BCUT2D eigenvalue weighted by atomic mass is 16.5. The molecule has 1 aliphatic rings. The number of amides is 1. The Morgan fingerprint density at radius 2 is 2.42 bits per heavy atom. The number of carbonyl (C=O) groups is 2. The number of nitrogens with zero attached hydrogens (tertiary/aromatic N) is 1. The summed E-state index contributed by atoms with van der Waals surface area (Å²) in [5.74, 6) is -0.301. The van der Waals surface area contributed by atoms with Gasteiger partial charge in [-0.1, -0.05) is 0 Å². The molecule has 0 radical (unpaired) electrons. The fourth-order valence-electron chi connectivity index (χ4n) is 1.33. The molecular formula is C8H13NO3. The molecule has 1 atom stereocenters. The van der Waals surface area contributed by atoms with Crippen LogP contribution in [0.3, 0.4) is 0 Å². The van der Waals surface area contributed by atoms with E-state index in [2.05, 4.69) is 4.74 Å². The molecule has 1 heterocycles. The van der Waals surface area contributed by atoms with E-state index in [0.717, 1.165) is 6.42 Å². The van der Waals surface area contributed by atoms with Crippen molar-refractivity contribution in [2.45, 2.75) is 25.8 Å². The van der Waals surface area contributed by atoms with E-state index in [1.54, 1.807) is 4.90 Å². The molecule has 1 fully saturated rings. The molecule has 0 aromatic rings. The highest BCUT2D eigenvalue weighted by molar-refractivity contribution is 5.83. The van der Waals surface area contributed by atoms with Crippen molar-refractivity contribution in [2.75, 3.05) is 13.7 Å². The molecule has 4 nitrogen and oxygen atoms in total. The van der Waals surface area contributed by atoms with Crippen molar-refractivity contribution in [3.05, 3.63) is 0 Å². The monoisotopic (exact) mass is 171 g/mol. The van der Waals surface area contributed by atoms with Crippen LogP contribution in [0.5, 0.6) is 0 Å². The number of carbonyl (C=O) groups excluding carboxylic acids is 2. The van der Waals surface area contributed by atoms with Crippen LogP contribution in [-0.4, -0.2) is 36.5 Å². The van der Waals surface area contributed by atoms with Gasteiger partial charge in [0.25, 0.3) is 0 Å². The van der Waals surface area contributed by atoms with E-state index in [9.17, 15) is 9.59 Å². The van der Waals surface area contributed by atoms with E-state index in [4.69, 9.17) is 0 Å². The van der Waals surface area contributed by atoms with Gasteiger partial charge in [0, 0.05) is 12.5 Å². The van der Waals surface area contributed by atoms with E-state index in [-0.39, 0.29) is 24.5 Å². The molecule has 4 heteroatoms. The highest BCUT2D eigenvalue weighted by Crippen LogP contribution is 2.17. The van der Waals surface area contributed by atoms with Crippen molar-refractivity contribution >= 4 is 11.9 Å². The maximum absolute atomic E-state index is 11.2. The first-order chi connectivity index (χ1) is 5.65. The zero-order chi connectivity index (χ0) is 9.14. The Hall–Kier alpha value is -1.06. The Balaban J connectivity index is 2.50. The lowest BCUT2D eigenvalue weighted by Gasteiger charge is -2.19. The summed E-state index contributed by atoms with van der Waals surface area (Å²) >= 11 is 0. The first-order valence-corrected chi connectivity index (χ1v) is 4.01. The van der Waals surface area contributed by atoms with Gasteiger partial charge in [0.15, 0.2) is 0 Å². The zero-order valence-corrected chi connectivity index (χ0v) is 7.37. The minimum Gasteiger partial charge on any atom is -0.468 e. The zero-order valence-electron chi connectivity index (χ0n) is 7.37. The third-order valence-electron chi connectivity index (χ3n) is 2.16. The average Bonchev–Trinajstić information content (AvgIpc) is 2.35. The predicted octanol–water partition coefficient (Wildman–Crippen LogP) is 0.170. The Morgan fingerprint density at radius 1 is 1.75 bits per heavy atom. The SMILES string of the molecule is COC(=O)CN1C(=O)CCC1C. The standard InChI is InChI=1S/C8H13NO3/c1-6-3-4-7(10)9(6)5-8(11)12-2/h6H,3-5H2,1-2H3. The van der Waals surface area contributed by atoms with Gasteiger partial charge in [-0.15, -0.1) is 0 Å². The van der Waals surface area contributed by atoms with E-state index in [0.29, 0.717) is 6.42 Å². The van der Waals surface area contributed by atoms with Gasteiger partial charge in [-0.25, -0.2) is 0 Å². The van der Waals surface area contributed by atoms with Gasteiger partial charge in [-0.3, -0.25) is 9.59 Å². The molecule has 0 bridgehead atoms. The summed E-state index contributed by atoms with van der Waals surface area (Å²) in [5.41, 5.74) is 0. The predicted molar refractivity (Wildman–Crippen MR) is 42.4 cm³/mol. The van der Waals surface area contributed by atoms with Gasteiger partial charge in [0.2, 0.25) is 5.91 Å². The summed E-state index contributed by atoms with van der Waals surface area (Å²) in [6.45, 7) is 2.03. The number of methoxy groups -OCH3 is 1. The Morgan fingerprint density at radius 3 is 2.83 bits per heavy atom. The fraction of sp³-hybridized carbons (Fsp3) is 0.750. The van der Waals surface area contributed by atoms with Crippen molar-refractivity contribution in [3.63, 3.8) is 0 Å². The van der Waals surface area contributed by atoms with Crippen molar-refractivity contribution in [1.82, 2.24) is 4.90 Å². The Kier molecular flexibility index (Phi) is 2.68. The number of rotatable bonds is 2. The summed E-state index contributed by atoms with van der Waals surface area (Å²) < 4.78 is 4.48. The van der Waals surface area contributed by atoms with Crippen LogP contribution in [0.15, 0.2) is 0 Å². The molecule has 0 saturated carbocycles. The molecule has 1 amide bonds. The molecule has 0 N–H and O–H groups in total. The molecule has 1 rings (SSSR count). The second kappa shape index (κ2) is 3.56. The Labute approximate surface area is 71.5 Å². The summed E-state index contributed by atoms with van der Waals surface area (Å²) in [6.07, 6.45) is 1.40. The van der Waals surface area contributed by atoms with Gasteiger partial charge in [0.05, 0.1) is 7.11 Å². The summed E-state index contributed by atoms with van der Waals surface area (Å²) in [5, 5.41) is 0. The largest absolute Gasteiger partial charge is 0.468 e. The number of esters is 1. The van der Waals surface area contributed by atoms with Gasteiger partial charge in [0.1, 0.15) is 6.54 Å². The van der Waals surface area contributed by atoms with Crippen LogP contribution >= 0.6 is 0 Å². The van der Waals surface area contributed by atoms with Crippen LogP contribution in [0.25, 0.3) is 0 Å². The van der Waals surface area contributed by atoms with Crippen LogP contribution in [-0.2, 0) is 14.3 Å². The number of likely N-dealkylation sites (tertiary alicyclic amines) is 1. The van der Waals surface area contributed by atoms with Crippen LogP contribution in [0.4, 0.5) is 0 Å². The average molecular weight is 171 g/mol. The fourth-order valence-corrected chi connectivity index (χ4v) is 1.33. The lowest BCUT2D eigenvalue weighted by Crippen LogP contribution is -2.36. The highest BCUT2D eigenvalue weighted by Gasteiger charge is 2.28. The first kappa shape index (κ1) is 9.03. The molecule has 0 aromatic carbocycles. The number of ether oxygens (including phenoxy) is 1. The topological polar surface area (TPSA) is 46.6 Å². The van der Waals surface area contributed by atoms with Crippen molar-refractivity contribution in [3.8, 4) is 0 Å². The maximum atomic E-state index is 11.2. The minimum atomic E-state index is -0.350. The van der Waals surface area contributed by atoms with Crippen molar-refractivity contribution < 1.29 is 14.3 Å². The molecule has 1 aliphatic heterocycles. The molecule has 68 valence electrons. The smallest absolute Gasteiger partial charge is 0.325 e. The van der Waals surface area contributed by atoms with Gasteiger partial charge in [-0.2, -0.15) is 0 Å². The van der Waals surface area contributed by atoms with Crippen LogP contribution < -0.4 is 0 Å². The quantitative estimate of drug-likeness (QED) is 0.556. The van der Waals surface area contributed by atoms with E-state index >= 15 is 0 Å². The number of hydrogen-bond acceptors (Lipinski definition) is 3. The molecule has 1 unspecified atom stereocenters. The maximum Gasteiger partial charge on any atom is 0.325 e. The van der Waals surface area contributed by atoms with Crippen LogP contribution in [0.1, 0.15) is 19.8 Å². The lowest BCUT2D eigenvalue weighted by atomic mass is 10.2. The van der Waals surface area contributed by atoms with E-state index in [1.807, 2.05) is 6.92 Å². The molecule has 0 aliphatic carbocycles. The molecule has 12 heavy (non-hydrogen) atoms. The first-order valence-electron chi connectivity index (χ1n) is 4.01. The van der Waals surface area contributed by atoms with Crippen LogP contribution in [0, 0.1) is 0 Å². The van der Waals surface area contributed by atoms with E-state index in [1.165, 1.54) is 7.11 Å². The minimum absolute atomic E-state index is 0.0490. The Bertz CT molecular complexity index is 202. The van der Waals surface area contributed by atoms with Crippen molar-refractivity contribution in [1.29, 1.82) is 0 Å². The lowest BCUT2D eigenvalue weighted by molar-refractivity contribution is -0.146. The van der Waals surface area contributed by atoms with E-state index < -0.39 is 0 Å². The molecular weight excluding hydrogens is 158 g/mol. The number of hydrogen-bond donors (Lipinski definition) is 0. The van der Waals surface area contributed by atoms with Gasteiger partial charge in [-0.05, 0) is 13.3 Å². The third kappa shape index (κ3) is 1.75.